The lowest BCUT2D eigenvalue weighted by atomic mass is 9.84. The number of halogens is 9. The third kappa shape index (κ3) is 3.66. The molecule has 0 unspecified atom stereocenters. The predicted octanol–water partition coefficient (Wildman–Crippen LogP) is 8.59. The number of hydrogen-bond acceptors (Lipinski definition) is 1. The smallest absolute Gasteiger partial charge is 0.198 e. The van der Waals surface area contributed by atoms with Crippen LogP contribution in [0.25, 0.3) is 43.8 Å². The van der Waals surface area contributed by atoms with E-state index in [1.54, 1.807) is 0 Å². The van der Waals surface area contributed by atoms with Gasteiger partial charge in [0.1, 0.15) is 34.8 Å². The second kappa shape index (κ2) is 8.72. The summed E-state index contributed by atoms with van der Waals surface area (Å²) in [5, 5.41) is -3.08. The molecular formula is C27H11F9O. The average molecular weight is 522 g/mol. The predicted molar refractivity (Wildman–Crippen MR) is 119 cm³/mol. The molecule has 0 fully saturated rings. The first-order valence-electron chi connectivity index (χ1n) is 10.4. The minimum Gasteiger partial charge on any atom is -0.497 e. The molecular weight excluding hydrogens is 511 g/mol. The van der Waals surface area contributed by atoms with Crippen molar-refractivity contribution in [3.05, 3.63) is 101 Å². The van der Waals surface area contributed by atoms with Crippen molar-refractivity contribution in [3.63, 3.8) is 0 Å². The Labute approximate surface area is 202 Å². The molecule has 0 aliphatic heterocycles. The van der Waals surface area contributed by atoms with Crippen LogP contribution in [-0.2, 0) is 0 Å². The topological polar surface area (TPSA) is 9.23 Å². The highest BCUT2D eigenvalue weighted by molar-refractivity contribution is 6.21. The maximum absolute atomic E-state index is 15.4. The van der Waals surface area contributed by atoms with E-state index in [0.29, 0.717) is 24.3 Å². The SMILES string of the molecule is COc1cc(F)c(-c2c3ccc(F)cc3c(-c3ccc(F)cc3F)c3c(F)c(F)c(F)c(F)c23)c(F)c1. The Bertz CT molecular complexity index is 1740. The maximum atomic E-state index is 15.4. The van der Waals surface area contributed by atoms with Crippen LogP contribution in [0.2, 0.25) is 0 Å². The van der Waals surface area contributed by atoms with Gasteiger partial charge in [0.15, 0.2) is 23.3 Å². The lowest BCUT2D eigenvalue weighted by Gasteiger charge is -2.20. The fourth-order valence-electron chi connectivity index (χ4n) is 4.45. The van der Waals surface area contributed by atoms with Crippen molar-refractivity contribution in [3.8, 4) is 28.0 Å². The molecule has 0 bridgehead atoms. The van der Waals surface area contributed by atoms with Gasteiger partial charge < -0.3 is 4.74 Å². The molecule has 0 aliphatic rings. The zero-order chi connectivity index (χ0) is 26.8. The van der Waals surface area contributed by atoms with Gasteiger partial charge in [0.2, 0.25) is 0 Å². The standard InChI is InChI=1S/C27H11F9O/c1-37-12-8-17(31)21(18(32)9-12)20-13-4-2-10(28)6-15(13)19(14-5-3-11(29)7-16(14)30)22-23(20)25(34)27(36)26(35)24(22)33/h2-9H,1H3. The molecule has 0 radical (unpaired) electrons. The van der Waals surface area contributed by atoms with Gasteiger partial charge in [-0.25, -0.2) is 39.5 Å². The minimum absolute atomic E-state index is 0.285. The van der Waals surface area contributed by atoms with E-state index < -0.39 is 90.8 Å². The van der Waals surface area contributed by atoms with Crippen LogP contribution in [0, 0.1) is 52.4 Å². The summed E-state index contributed by atoms with van der Waals surface area (Å²) in [5.41, 5.74) is -3.09. The summed E-state index contributed by atoms with van der Waals surface area (Å²) in [6.07, 6.45) is 0. The first-order valence-corrected chi connectivity index (χ1v) is 10.4. The Kier molecular flexibility index (Phi) is 5.77. The monoisotopic (exact) mass is 522 g/mol. The van der Waals surface area contributed by atoms with E-state index in [-0.39, 0.29) is 11.1 Å². The molecule has 0 saturated heterocycles. The van der Waals surface area contributed by atoms with Gasteiger partial charge in [-0.15, -0.1) is 0 Å². The summed E-state index contributed by atoms with van der Waals surface area (Å²) in [7, 11) is 1.11. The van der Waals surface area contributed by atoms with Crippen molar-refractivity contribution >= 4 is 21.5 Å². The van der Waals surface area contributed by atoms with Gasteiger partial charge in [0, 0.05) is 45.7 Å². The molecule has 37 heavy (non-hydrogen) atoms. The second-order valence-corrected chi connectivity index (χ2v) is 8.04. The van der Waals surface area contributed by atoms with E-state index in [2.05, 4.69) is 0 Å². The third-order valence-electron chi connectivity index (χ3n) is 5.99. The lowest BCUT2D eigenvalue weighted by molar-refractivity contribution is 0.407. The fraction of sp³-hybridized carbons (Fsp3) is 0.0370. The number of benzene rings is 5. The molecule has 5 rings (SSSR count). The second-order valence-electron chi connectivity index (χ2n) is 8.04. The Balaban J connectivity index is 2.15. The van der Waals surface area contributed by atoms with Gasteiger partial charge in [-0.1, -0.05) is 6.07 Å². The quantitative estimate of drug-likeness (QED) is 0.0998. The van der Waals surface area contributed by atoms with Crippen LogP contribution in [0.15, 0.2) is 48.5 Å². The first-order chi connectivity index (χ1) is 17.5. The van der Waals surface area contributed by atoms with Crippen LogP contribution in [0.5, 0.6) is 5.75 Å². The Morgan fingerprint density at radius 1 is 0.486 bits per heavy atom. The van der Waals surface area contributed by atoms with Gasteiger partial charge in [-0.05, 0) is 35.0 Å². The Morgan fingerprint density at radius 2 is 1.03 bits per heavy atom. The highest BCUT2D eigenvalue weighted by Crippen LogP contribution is 2.48. The van der Waals surface area contributed by atoms with Crippen LogP contribution in [0.3, 0.4) is 0 Å². The molecule has 0 aromatic heterocycles. The molecule has 0 saturated carbocycles. The number of rotatable bonds is 3. The molecule has 188 valence electrons. The van der Waals surface area contributed by atoms with E-state index >= 15 is 17.6 Å². The maximum Gasteiger partial charge on any atom is 0.198 e. The third-order valence-corrected chi connectivity index (χ3v) is 5.99. The summed E-state index contributed by atoms with van der Waals surface area (Å²) in [6.45, 7) is 0. The van der Waals surface area contributed by atoms with E-state index in [1.165, 1.54) is 0 Å². The van der Waals surface area contributed by atoms with Crippen LogP contribution in [-0.4, -0.2) is 7.11 Å². The summed E-state index contributed by atoms with van der Waals surface area (Å²) in [5.74, 6) is -15.0. The molecule has 0 aliphatic carbocycles. The van der Waals surface area contributed by atoms with E-state index in [1.807, 2.05) is 0 Å². The number of ether oxygens (including phenoxy) is 1. The summed E-state index contributed by atoms with van der Waals surface area (Å²) in [6, 6.07) is 5.83. The fourth-order valence-corrected chi connectivity index (χ4v) is 4.45. The van der Waals surface area contributed by atoms with Crippen molar-refractivity contribution in [2.75, 3.05) is 7.11 Å². The van der Waals surface area contributed by atoms with Crippen LogP contribution in [0.1, 0.15) is 0 Å². The molecule has 0 N–H and O–H groups in total. The molecule has 0 spiro atoms. The van der Waals surface area contributed by atoms with Gasteiger partial charge in [0.25, 0.3) is 0 Å². The van der Waals surface area contributed by atoms with Crippen LogP contribution < -0.4 is 4.74 Å². The van der Waals surface area contributed by atoms with Gasteiger partial charge in [-0.2, -0.15) is 0 Å². The Morgan fingerprint density at radius 3 is 1.59 bits per heavy atom. The zero-order valence-electron chi connectivity index (χ0n) is 18.4. The number of methoxy groups -OCH3 is 1. The first kappa shape index (κ1) is 24.5. The van der Waals surface area contributed by atoms with Crippen LogP contribution in [0.4, 0.5) is 39.5 Å². The highest BCUT2D eigenvalue weighted by Gasteiger charge is 2.31. The summed E-state index contributed by atoms with van der Waals surface area (Å²) >= 11 is 0. The Hall–Kier alpha value is -4.21. The molecule has 0 atom stereocenters. The van der Waals surface area contributed by atoms with E-state index in [9.17, 15) is 22.0 Å². The lowest BCUT2D eigenvalue weighted by Crippen LogP contribution is -2.05. The summed E-state index contributed by atoms with van der Waals surface area (Å²) in [4.78, 5) is 0. The van der Waals surface area contributed by atoms with Gasteiger partial charge in [-0.3, -0.25) is 0 Å². The molecule has 0 heterocycles. The number of hydrogen-bond donors (Lipinski definition) is 0. The van der Waals surface area contributed by atoms with Crippen molar-refractivity contribution in [1.29, 1.82) is 0 Å². The molecule has 10 heteroatoms. The van der Waals surface area contributed by atoms with Crippen molar-refractivity contribution in [2.45, 2.75) is 0 Å². The van der Waals surface area contributed by atoms with E-state index in [0.717, 1.165) is 31.4 Å². The van der Waals surface area contributed by atoms with E-state index in [4.69, 9.17) is 4.74 Å². The minimum atomic E-state index is -2.30. The van der Waals surface area contributed by atoms with Crippen molar-refractivity contribution < 1.29 is 44.3 Å². The number of fused-ring (bicyclic) bond motifs is 2. The highest BCUT2D eigenvalue weighted by atomic mass is 19.2. The normalized spacial score (nSPS) is 11.5. The zero-order valence-corrected chi connectivity index (χ0v) is 18.4. The summed E-state index contributed by atoms with van der Waals surface area (Å²) < 4.78 is 138. The van der Waals surface area contributed by atoms with Gasteiger partial charge in [0.05, 0.1) is 12.7 Å². The van der Waals surface area contributed by atoms with Crippen molar-refractivity contribution in [2.24, 2.45) is 0 Å². The molecule has 5 aromatic carbocycles. The van der Waals surface area contributed by atoms with Gasteiger partial charge >= 0.3 is 0 Å². The molecule has 1 nitrogen and oxygen atoms in total. The van der Waals surface area contributed by atoms with Crippen LogP contribution >= 0.6 is 0 Å². The average Bonchev–Trinajstić information content (AvgIpc) is 2.85. The van der Waals surface area contributed by atoms with Crippen molar-refractivity contribution in [1.82, 2.24) is 0 Å². The molecule has 5 aromatic rings. The molecule has 0 amide bonds. The largest absolute Gasteiger partial charge is 0.497 e.